The summed E-state index contributed by atoms with van der Waals surface area (Å²) >= 11 is 0. The van der Waals surface area contributed by atoms with Crippen LogP contribution in [-0.4, -0.2) is 34.5 Å². The molecule has 0 spiro atoms. The van der Waals surface area contributed by atoms with Gasteiger partial charge >= 0.3 is 5.97 Å². The summed E-state index contributed by atoms with van der Waals surface area (Å²) in [5.41, 5.74) is -0.368. The number of hydrogen-bond donors (Lipinski definition) is 3. The highest BCUT2D eigenvalue weighted by molar-refractivity contribution is 5.90. The Kier molecular flexibility index (Phi) is 5.14. The van der Waals surface area contributed by atoms with E-state index in [-0.39, 0.29) is 17.4 Å². The Balaban J connectivity index is 2.57. The third-order valence-corrected chi connectivity index (χ3v) is 3.42. The van der Waals surface area contributed by atoms with Gasteiger partial charge in [0.15, 0.2) is 0 Å². The van der Waals surface area contributed by atoms with Gasteiger partial charge in [-0.1, -0.05) is 6.42 Å². The van der Waals surface area contributed by atoms with Crippen LogP contribution in [0.1, 0.15) is 47.0 Å². The van der Waals surface area contributed by atoms with Crippen molar-refractivity contribution in [3.63, 3.8) is 0 Å². The molecule has 1 unspecified atom stereocenters. The average Bonchev–Trinajstić information content (AvgIpc) is 2.75. The first-order valence-electron chi connectivity index (χ1n) is 6.97. The number of carboxylic acids is 1. The van der Waals surface area contributed by atoms with Crippen molar-refractivity contribution in [3.8, 4) is 0 Å². The molecule has 0 aromatic heterocycles. The first-order chi connectivity index (χ1) is 9.11. The standard InChI is InChI=1S/C14H24N2O4/c1-8(11(17)16-14(2,3)4)15-12(18)9-6-5-7-10(9)13(19)20/h8-10H,5-7H2,1-4H3,(H,15,18)(H,16,17)(H,19,20)/t8?,9-,10+/m1/s1. The second kappa shape index (κ2) is 6.24. The van der Waals surface area contributed by atoms with Gasteiger partial charge in [-0.05, 0) is 40.5 Å². The Morgan fingerprint density at radius 2 is 1.70 bits per heavy atom. The van der Waals surface area contributed by atoms with Gasteiger partial charge in [-0.3, -0.25) is 14.4 Å². The summed E-state index contributed by atoms with van der Waals surface area (Å²) in [6.07, 6.45) is 1.82. The maximum atomic E-state index is 12.1. The number of nitrogens with one attached hydrogen (secondary N) is 2. The van der Waals surface area contributed by atoms with Gasteiger partial charge in [0.05, 0.1) is 11.8 Å². The molecule has 6 heteroatoms. The molecule has 1 aliphatic rings. The fourth-order valence-corrected chi connectivity index (χ4v) is 2.43. The molecule has 114 valence electrons. The summed E-state index contributed by atoms with van der Waals surface area (Å²) in [7, 11) is 0. The zero-order valence-corrected chi connectivity index (χ0v) is 12.5. The minimum absolute atomic E-state index is 0.268. The van der Waals surface area contributed by atoms with E-state index < -0.39 is 23.8 Å². The Morgan fingerprint density at radius 3 is 2.20 bits per heavy atom. The molecule has 0 aromatic rings. The van der Waals surface area contributed by atoms with Crippen LogP contribution in [0, 0.1) is 11.8 Å². The van der Waals surface area contributed by atoms with Crippen molar-refractivity contribution in [3.05, 3.63) is 0 Å². The third-order valence-electron chi connectivity index (χ3n) is 3.42. The fraction of sp³-hybridized carbons (Fsp3) is 0.786. The molecule has 1 aliphatic carbocycles. The van der Waals surface area contributed by atoms with Crippen molar-refractivity contribution in [2.75, 3.05) is 0 Å². The molecule has 2 amide bonds. The molecule has 0 aromatic carbocycles. The minimum Gasteiger partial charge on any atom is -0.481 e. The van der Waals surface area contributed by atoms with Crippen molar-refractivity contribution in [1.29, 1.82) is 0 Å². The highest BCUT2D eigenvalue weighted by Gasteiger charge is 2.38. The van der Waals surface area contributed by atoms with E-state index in [9.17, 15) is 14.4 Å². The highest BCUT2D eigenvalue weighted by Crippen LogP contribution is 2.32. The fourth-order valence-electron chi connectivity index (χ4n) is 2.43. The van der Waals surface area contributed by atoms with Crippen molar-refractivity contribution in [2.24, 2.45) is 11.8 Å². The quantitative estimate of drug-likeness (QED) is 0.715. The number of amides is 2. The largest absolute Gasteiger partial charge is 0.481 e. The van der Waals surface area contributed by atoms with Gasteiger partial charge in [-0.2, -0.15) is 0 Å². The van der Waals surface area contributed by atoms with Gasteiger partial charge in [0.25, 0.3) is 0 Å². The van der Waals surface area contributed by atoms with E-state index >= 15 is 0 Å². The van der Waals surface area contributed by atoms with Gasteiger partial charge < -0.3 is 15.7 Å². The maximum Gasteiger partial charge on any atom is 0.307 e. The lowest BCUT2D eigenvalue weighted by atomic mass is 9.95. The number of carbonyl (C=O) groups excluding carboxylic acids is 2. The Bertz CT molecular complexity index is 400. The molecule has 3 N–H and O–H groups in total. The molecule has 20 heavy (non-hydrogen) atoms. The van der Waals surface area contributed by atoms with Crippen LogP contribution in [0.4, 0.5) is 0 Å². The molecule has 0 saturated heterocycles. The normalized spacial score (nSPS) is 24.0. The van der Waals surface area contributed by atoms with Crippen LogP contribution in [0.3, 0.4) is 0 Å². The minimum atomic E-state index is -0.936. The summed E-state index contributed by atoms with van der Waals surface area (Å²) in [5.74, 6) is -2.71. The average molecular weight is 284 g/mol. The van der Waals surface area contributed by atoms with E-state index in [0.29, 0.717) is 12.8 Å². The maximum absolute atomic E-state index is 12.1. The lowest BCUT2D eigenvalue weighted by Crippen LogP contribution is -2.52. The topological polar surface area (TPSA) is 95.5 Å². The molecule has 0 heterocycles. The molecule has 1 fully saturated rings. The lowest BCUT2D eigenvalue weighted by Gasteiger charge is -2.25. The smallest absolute Gasteiger partial charge is 0.307 e. The van der Waals surface area contributed by atoms with Crippen LogP contribution in [0.2, 0.25) is 0 Å². The molecule has 0 radical (unpaired) electrons. The Labute approximate surface area is 119 Å². The third kappa shape index (κ3) is 4.51. The van der Waals surface area contributed by atoms with Crippen LogP contribution in [0.25, 0.3) is 0 Å². The van der Waals surface area contributed by atoms with E-state index in [4.69, 9.17) is 5.11 Å². The summed E-state index contributed by atoms with van der Waals surface area (Å²) in [4.78, 5) is 35.0. The van der Waals surface area contributed by atoms with Crippen molar-refractivity contribution < 1.29 is 19.5 Å². The summed E-state index contributed by atoms with van der Waals surface area (Å²) in [5, 5.41) is 14.5. The molecule has 0 bridgehead atoms. The van der Waals surface area contributed by atoms with Crippen LogP contribution < -0.4 is 10.6 Å². The first kappa shape index (κ1) is 16.5. The Hall–Kier alpha value is -1.59. The molecule has 1 rings (SSSR count). The van der Waals surface area contributed by atoms with E-state index in [2.05, 4.69) is 10.6 Å². The van der Waals surface area contributed by atoms with Crippen molar-refractivity contribution >= 4 is 17.8 Å². The number of rotatable bonds is 4. The predicted octanol–water partition coefficient (Wildman–Crippen LogP) is 0.907. The number of carbonyl (C=O) groups is 3. The SMILES string of the molecule is CC(NC(=O)[C@@H]1CCC[C@@H]1C(=O)O)C(=O)NC(C)(C)C. The second-order valence-corrected chi connectivity index (χ2v) is 6.45. The van der Waals surface area contributed by atoms with Crippen LogP contribution >= 0.6 is 0 Å². The summed E-state index contributed by atoms with van der Waals surface area (Å²) in [6, 6.07) is -0.670. The first-order valence-corrected chi connectivity index (χ1v) is 6.97. The van der Waals surface area contributed by atoms with Crippen LogP contribution in [-0.2, 0) is 14.4 Å². The monoisotopic (exact) mass is 284 g/mol. The van der Waals surface area contributed by atoms with Crippen LogP contribution in [0.15, 0.2) is 0 Å². The zero-order chi connectivity index (χ0) is 15.5. The molecule has 0 aliphatic heterocycles. The van der Waals surface area contributed by atoms with Gasteiger partial charge in [0, 0.05) is 5.54 Å². The lowest BCUT2D eigenvalue weighted by molar-refractivity contribution is -0.146. The molecule has 1 saturated carbocycles. The van der Waals surface area contributed by atoms with Crippen molar-refractivity contribution in [2.45, 2.75) is 58.5 Å². The van der Waals surface area contributed by atoms with E-state index in [0.717, 1.165) is 6.42 Å². The van der Waals surface area contributed by atoms with E-state index in [1.165, 1.54) is 0 Å². The molecular formula is C14H24N2O4. The van der Waals surface area contributed by atoms with Gasteiger partial charge in [-0.25, -0.2) is 0 Å². The molecular weight excluding hydrogens is 260 g/mol. The number of aliphatic carboxylic acids is 1. The highest BCUT2D eigenvalue weighted by atomic mass is 16.4. The summed E-state index contributed by atoms with van der Waals surface area (Å²) < 4.78 is 0. The van der Waals surface area contributed by atoms with Gasteiger partial charge in [0.2, 0.25) is 11.8 Å². The molecule has 6 nitrogen and oxygen atoms in total. The molecule has 3 atom stereocenters. The van der Waals surface area contributed by atoms with Gasteiger partial charge in [0.1, 0.15) is 6.04 Å². The van der Waals surface area contributed by atoms with Crippen molar-refractivity contribution in [1.82, 2.24) is 10.6 Å². The van der Waals surface area contributed by atoms with E-state index in [1.54, 1.807) is 6.92 Å². The second-order valence-electron chi connectivity index (χ2n) is 6.45. The van der Waals surface area contributed by atoms with Gasteiger partial charge in [-0.15, -0.1) is 0 Å². The summed E-state index contributed by atoms with van der Waals surface area (Å²) in [6.45, 7) is 7.17. The number of carboxylic acid groups (broad SMARTS) is 1. The zero-order valence-electron chi connectivity index (χ0n) is 12.5. The van der Waals surface area contributed by atoms with E-state index in [1.807, 2.05) is 20.8 Å². The van der Waals surface area contributed by atoms with Crippen LogP contribution in [0.5, 0.6) is 0 Å². The number of hydrogen-bond acceptors (Lipinski definition) is 3. The Morgan fingerprint density at radius 1 is 1.15 bits per heavy atom. The predicted molar refractivity (Wildman–Crippen MR) is 74.0 cm³/mol.